The number of fused-ring (bicyclic) bond motifs is 3. The van der Waals surface area contributed by atoms with Gasteiger partial charge in [-0.15, -0.1) is 11.3 Å². The van der Waals surface area contributed by atoms with Crippen LogP contribution in [-0.4, -0.2) is 22.8 Å². The first-order valence-electron chi connectivity index (χ1n) is 10.2. The van der Waals surface area contributed by atoms with E-state index in [1.165, 1.54) is 9.75 Å². The number of nitrogens with one attached hydrogen (secondary N) is 1. The molecule has 5 heteroatoms. The number of benzene rings is 2. The van der Waals surface area contributed by atoms with Crippen LogP contribution in [0.1, 0.15) is 37.7 Å². The maximum absolute atomic E-state index is 13.0. The van der Waals surface area contributed by atoms with Gasteiger partial charge in [-0.2, -0.15) is 0 Å². The van der Waals surface area contributed by atoms with Crippen molar-refractivity contribution in [3.05, 3.63) is 82.4 Å². The van der Waals surface area contributed by atoms with Gasteiger partial charge in [0.15, 0.2) is 5.78 Å². The third kappa shape index (κ3) is 3.46. The molecule has 1 N–H and O–H groups in total. The summed E-state index contributed by atoms with van der Waals surface area (Å²) >= 11 is 1.76. The van der Waals surface area contributed by atoms with Gasteiger partial charge in [-0.25, -0.2) is 0 Å². The first-order valence-corrected chi connectivity index (χ1v) is 11.0. The predicted molar refractivity (Wildman–Crippen MR) is 121 cm³/mol. The van der Waals surface area contributed by atoms with Crippen LogP contribution in [-0.2, 0) is 13.0 Å². The molecule has 4 nitrogen and oxygen atoms in total. The highest BCUT2D eigenvalue weighted by Gasteiger charge is 2.19. The van der Waals surface area contributed by atoms with Crippen LogP contribution in [0.15, 0.2) is 60.7 Å². The smallest absolute Gasteiger partial charge is 0.267 e. The summed E-state index contributed by atoms with van der Waals surface area (Å²) in [6.07, 6.45) is 1.24. The molecule has 0 saturated heterocycles. The van der Waals surface area contributed by atoms with Crippen LogP contribution in [0.2, 0.25) is 0 Å². The molecule has 0 aliphatic carbocycles. The quantitative estimate of drug-likeness (QED) is 0.465. The monoisotopic (exact) mass is 414 g/mol. The Hall–Kier alpha value is -3.18. The Morgan fingerprint density at radius 1 is 1.10 bits per heavy atom. The van der Waals surface area contributed by atoms with Crippen LogP contribution in [0.5, 0.6) is 0 Å². The van der Waals surface area contributed by atoms with Crippen molar-refractivity contribution in [1.82, 2.24) is 9.88 Å². The normalized spacial score (nSPS) is 13.7. The van der Waals surface area contributed by atoms with E-state index in [2.05, 4.69) is 36.5 Å². The number of aryl methyl sites for hydroxylation is 2. The molecule has 0 unspecified atom stereocenters. The second-order valence-corrected chi connectivity index (χ2v) is 9.06. The van der Waals surface area contributed by atoms with E-state index in [0.717, 1.165) is 35.0 Å². The summed E-state index contributed by atoms with van der Waals surface area (Å²) in [4.78, 5) is 27.8. The Bertz CT molecular complexity index is 1280. The second kappa shape index (κ2) is 7.58. The number of amides is 1. The lowest BCUT2D eigenvalue weighted by molar-refractivity contribution is 0.0950. The van der Waals surface area contributed by atoms with E-state index in [9.17, 15) is 9.59 Å². The zero-order chi connectivity index (χ0) is 20.7. The number of ketones is 1. The summed E-state index contributed by atoms with van der Waals surface area (Å²) in [5.74, 6) is 0.0437. The lowest BCUT2D eigenvalue weighted by Crippen LogP contribution is -2.22. The Balaban J connectivity index is 1.44. The Labute approximate surface area is 179 Å². The summed E-state index contributed by atoms with van der Waals surface area (Å²) < 4.78 is 2.04. The molecular formula is C25H22N2O2S. The maximum Gasteiger partial charge on any atom is 0.267 e. The van der Waals surface area contributed by atoms with E-state index in [1.807, 2.05) is 41.0 Å². The largest absolute Gasteiger partial charge is 0.351 e. The Morgan fingerprint density at radius 2 is 2.00 bits per heavy atom. The van der Waals surface area contributed by atoms with Gasteiger partial charge >= 0.3 is 0 Å². The van der Waals surface area contributed by atoms with E-state index in [4.69, 9.17) is 0 Å². The summed E-state index contributed by atoms with van der Waals surface area (Å²) in [6.45, 7) is 3.56. The Kier molecular flexibility index (Phi) is 4.75. The highest BCUT2D eigenvalue weighted by atomic mass is 32.1. The van der Waals surface area contributed by atoms with Crippen molar-refractivity contribution in [3.63, 3.8) is 0 Å². The zero-order valence-electron chi connectivity index (χ0n) is 16.8. The van der Waals surface area contributed by atoms with Gasteiger partial charge in [0.25, 0.3) is 5.91 Å². The van der Waals surface area contributed by atoms with Crippen LogP contribution >= 0.6 is 11.3 Å². The van der Waals surface area contributed by atoms with E-state index in [1.54, 1.807) is 11.3 Å². The lowest BCUT2D eigenvalue weighted by Gasteiger charge is -2.07. The van der Waals surface area contributed by atoms with Crippen molar-refractivity contribution in [2.75, 3.05) is 6.54 Å². The minimum Gasteiger partial charge on any atom is -0.351 e. The fraction of sp³-hybridized carbons (Fsp3) is 0.200. The molecule has 30 heavy (non-hydrogen) atoms. The van der Waals surface area contributed by atoms with Crippen LogP contribution in [0.4, 0.5) is 0 Å². The molecule has 5 rings (SSSR count). The number of hydrogen-bond donors (Lipinski definition) is 1. The van der Waals surface area contributed by atoms with E-state index in [0.29, 0.717) is 24.2 Å². The minimum atomic E-state index is -0.0443. The van der Waals surface area contributed by atoms with Gasteiger partial charge in [-0.05, 0) is 54.8 Å². The number of carbonyl (C=O) groups is 2. The SMILES string of the molecule is Cc1ccc(-c2cccc(CC(=O)c3ccc4cc5n(c4c3)CCCNC5=O)c2)s1. The van der Waals surface area contributed by atoms with Gasteiger partial charge in [0.1, 0.15) is 5.69 Å². The van der Waals surface area contributed by atoms with Gasteiger partial charge in [-0.3, -0.25) is 9.59 Å². The molecule has 0 fully saturated rings. The number of Topliss-reactive ketones (excluding diaryl/α,β-unsaturated/α-hetero) is 1. The summed E-state index contributed by atoms with van der Waals surface area (Å²) in [5.41, 5.74) is 4.47. The maximum atomic E-state index is 13.0. The number of nitrogens with zero attached hydrogens (tertiary/aromatic N) is 1. The third-order valence-corrected chi connectivity index (χ3v) is 6.67. The minimum absolute atomic E-state index is 0.0443. The lowest BCUT2D eigenvalue weighted by atomic mass is 10.0. The van der Waals surface area contributed by atoms with Crippen LogP contribution in [0.3, 0.4) is 0 Å². The molecule has 2 aromatic heterocycles. The molecule has 3 heterocycles. The second-order valence-electron chi connectivity index (χ2n) is 7.77. The van der Waals surface area contributed by atoms with E-state index in [-0.39, 0.29) is 11.7 Å². The van der Waals surface area contributed by atoms with Crippen molar-refractivity contribution in [1.29, 1.82) is 0 Å². The van der Waals surface area contributed by atoms with Gasteiger partial charge in [-0.1, -0.05) is 30.3 Å². The average Bonchev–Trinajstić information content (AvgIpc) is 3.29. The van der Waals surface area contributed by atoms with Crippen molar-refractivity contribution in [2.24, 2.45) is 0 Å². The van der Waals surface area contributed by atoms with Gasteiger partial charge in [0.05, 0.1) is 0 Å². The summed E-state index contributed by atoms with van der Waals surface area (Å²) in [6, 6.07) is 20.1. The molecule has 0 saturated carbocycles. The van der Waals surface area contributed by atoms with E-state index < -0.39 is 0 Å². The molecule has 1 amide bonds. The summed E-state index contributed by atoms with van der Waals surface area (Å²) in [5, 5.41) is 3.92. The fourth-order valence-electron chi connectivity index (χ4n) is 4.10. The number of thiophene rings is 1. The standard InChI is InChI=1S/C25H22N2O2S/c1-16-6-9-24(30-16)20-5-2-4-17(12-20)13-23(28)19-8-7-18-14-22-25(29)26-10-3-11-27(22)21(18)15-19/h2,4-9,12,14-15H,3,10-11,13H2,1H3,(H,26,29). The number of carbonyl (C=O) groups excluding carboxylic acids is 2. The molecule has 0 atom stereocenters. The van der Waals surface area contributed by atoms with Crippen LogP contribution in [0, 0.1) is 6.92 Å². The van der Waals surface area contributed by atoms with Gasteiger partial charge in [0.2, 0.25) is 0 Å². The third-order valence-electron chi connectivity index (χ3n) is 5.62. The van der Waals surface area contributed by atoms with Gasteiger partial charge in [0, 0.05) is 45.7 Å². The van der Waals surface area contributed by atoms with Crippen molar-refractivity contribution in [2.45, 2.75) is 26.3 Å². The predicted octanol–water partition coefficient (Wildman–Crippen LogP) is 5.24. The van der Waals surface area contributed by atoms with Gasteiger partial charge < -0.3 is 9.88 Å². The first-order chi connectivity index (χ1) is 14.6. The van der Waals surface area contributed by atoms with Crippen molar-refractivity contribution >= 4 is 33.9 Å². The molecule has 1 aliphatic heterocycles. The Morgan fingerprint density at radius 3 is 2.83 bits per heavy atom. The van der Waals surface area contributed by atoms with E-state index >= 15 is 0 Å². The number of aromatic nitrogens is 1. The van der Waals surface area contributed by atoms with Crippen molar-refractivity contribution in [3.8, 4) is 10.4 Å². The molecule has 0 radical (unpaired) electrons. The first kappa shape index (κ1) is 18.8. The molecular weight excluding hydrogens is 392 g/mol. The molecule has 2 aromatic carbocycles. The molecule has 4 aromatic rings. The molecule has 1 aliphatic rings. The fourth-order valence-corrected chi connectivity index (χ4v) is 4.96. The van der Waals surface area contributed by atoms with Crippen LogP contribution in [0.25, 0.3) is 21.3 Å². The molecule has 0 bridgehead atoms. The highest BCUT2D eigenvalue weighted by molar-refractivity contribution is 7.15. The number of rotatable bonds is 4. The topological polar surface area (TPSA) is 51.1 Å². The highest BCUT2D eigenvalue weighted by Crippen LogP contribution is 2.29. The average molecular weight is 415 g/mol. The van der Waals surface area contributed by atoms with Crippen LogP contribution < -0.4 is 5.32 Å². The number of hydrogen-bond acceptors (Lipinski definition) is 3. The molecule has 150 valence electrons. The molecule has 0 spiro atoms. The van der Waals surface area contributed by atoms with Crippen molar-refractivity contribution < 1.29 is 9.59 Å². The zero-order valence-corrected chi connectivity index (χ0v) is 17.6. The summed E-state index contributed by atoms with van der Waals surface area (Å²) in [7, 11) is 0.